The second-order valence-electron chi connectivity index (χ2n) is 4.27. The van der Waals surface area contributed by atoms with E-state index in [4.69, 9.17) is 21.1 Å². The first-order chi connectivity index (χ1) is 10.0. The molecule has 0 saturated carbocycles. The molecule has 0 radical (unpaired) electrons. The third kappa shape index (κ3) is 4.11. The Morgan fingerprint density at radius 3 is 2.67 bits per heavy atom. The van der Waals surface area contributed by atoms with Crippen LogP contribution in [0, 0.1) is 5.82 Å². The van der Waals surface area contributed by atoms with Crippen LogP contribution >= 0.6 is 43.5 Å². The van der Waals surface area contributed by atoms with Crippen LogP contribution in [0.3, 0.4) is 0 Å². The van der Waals surface area contributed by atoms with Gasteiger partial charge in [0.25, 0.3) is 0 Å². The van der Waals surface area contributed by atoms with Gasteiger partial charge < -0.3 is 9.47 Å². The molecule has 0 bridgehead atoms. The van der Waals surface area contributed by atoms with Gasteiger partial charge in [-0.2, -0.15) is 0 Å². The largest absolute Gasteiger partial charge is 0.493 e. The molecular weight excluding hydrogens is 426 g/mol. The molecule has 0 aromatic heterocycles. The molecule has 0 heterocycles. The van der Waals surface area contributed by atoms with Crippen molar-refractivity contribution in [2.45, 2.75) is 11.9 Å². The minimum atomic E-state index is -0.355. The zero-order valence-electron chi connectivity index (χ0n) is 11.1. The SMILES string of the molecule is COc1cc(CBr)cc(Br)c1OCc1cc(Cl)ccc1F. The number of hydrogen-bond acceptors (Lipinski definition) is 2. The van der Waals surface area contributed by atoms with Gasteiger partial charge in [-0.1, -0.05) is 27.5 Å². The Morgan fingerprint density at radius 1 is 1.24 bits per heavy atom. The Hall–Kier alpha value is -0.780. The predicted molar refractivity (Wildman–Crippen MR) is 89.1 cm³/mol. The van der Waals surface area contributed by atoms with E-state index in [1.54, 1.807) is 13.2 Å². The maximum Gasteiger partial charge on any atom is 0.175 e. The van der Waals surface area contributed by atoms with E-state index in [0.717, 1.165) is 10.0 Å². The normalized spacial score (nSPS) is 10.5. The molecule has 0 aliphatic heterocycles. The molecule has 112 valence electrons. The molecule has 0 aliphatic rings. The number of hydrogen-bond donors (Lipinski definition) is 0. The molecule has 2 aromatic rings. The van der Waals surface area contributed by atoms with E-state index in [9.17, 15) is 4.39 Å². The van der Waals surface area contributed by atoms with Crippen molar-refractivity contribution in [1.29, 1.82) is 0 Å². The highest BCUT2D eigenvalue weighted by atomic mass is 79.9. The molecule has 0 aliphatic carbocycles. The number of benzene rings is 2. The summed E-state index contributed by atoms with van der Waals surface area (Å²) in [6.07, 6.45) is 0. The monoisotopic (exact) mass is 436 g/mol. The Morgan fingerprint density at radius 2 is 2.00 bits per heavy atom. The average Bonchev–Trinajstić information content (AvgIpc) is 2.48. The minimum absolute atomic E-state index is 0.0645. The standard InChI is InChI=1S/C15H12Br2ClFO2/c1-20-14-5-9(7-16)4-12(17)15(14)21-8-10-6-11(18)2-3-13(10)19/h2-6H,7-8H2,1H3. The first-order valence-electron chi connectivity index (χ1n) is 6.04. The molecule has 0 saturated heterocycles. The van der Waals surface area contributed by atoms with Gasteiger partial charge in [0.1, 0.15) is 12.4 Å². The number of methoxy groups -OCH3 is 1. The van der Waals surface area contributed by atoms with Gasteiger partial charge in [0.15, 0.2) is 11.5 Å². The third-order valence-corrected chi connectivity index (χ3v) is 4.29. The number of halogens is 4. The molecule has 0 amide bonds. The Balaban J connectivity index is 2.25. The predicted octanol–water partition coefficient (Wildman–Crippen LogP) is 5.72. The summed E-state index contributed by atoms with van der Waals surface area (Å²) in [7, 11) is 1.56. The van der Waals surface area contributed by atoms with E-state index in [0.29, 0.717) is 27.4 Å². The summed E-state index contributed by atoms with van der Waals surface area (Å²) in [5.74, 6) is 0.759. The van der Waals surface area contributed by atoms with Gasteiger partial charge >= 0.3 is 0 Å². The summed E-state index contributed by atoms with van der Waals surface area (Å²) >= 11 is 12.7. The van der Waals surface area contributed by atoms with E-state index >= 15 is 0 Å². The lowest BCUT2D eigenvalue weighted by Gasteiger charge is -2.14. The average molecular weight is 439 g/mol. The summed E-state index contributed by atoms with van der Waals surface area (Å²) in [6.45, 7) is 0.0645. The van der Waals surface area contributed by atoms with Crippen molar-refractivity contribution in [3.63, 3.8) is 0 Å². The highest BCUT2D eigenvalue weighted by Crippen LogP contribution is 2.37. The lowest BCUT2D eigenvalue weighted by molar-refractivity contribution is 0.277. The van der Waals surface area contributed by atoms with Crippen molar-refractivity contribution in [2.24, 2.45) is 0 Å². The van der Waals surface area contributed by atoms with Gasteiger partial charge in [0, 0.05) is 15.9 Å². The quantitative estimate of drug-likeness (QED) is 0.556. The number of ether oxygens (including phenoxy) is 2. The fourth-order valence-corrected chi connectivity index (χ4v) is 2.92. The summed E-state index contributed by atoms with van der Waals surface area (Å²) in [6, 6.07) is 8.15. The summed E-state index contributed by atoms with van der Waals surface area (Å²) in [5.41, 5.74) is 1.43. The van der Waals surface area contributed by atoms with Crippen LogP contribution in [0.1, 0.15) is 11.1 Å². The molecule has 2 rings (SSSR count). The van der Waals surface area contributed by atoms with Gasteiger partial charge in [-0.25, -0.2) is 4.39 Å². The van der Waals surface area contributed by atoms with Crippen molar-refractivity contribution in [1.82, 2.24) is 0 Å². The molecule has 0 fully saturated rings. The summed E-state index contributed by atoms with van der Waals surface area (Å²) in [5, 5.41) is 1.17. The lowest BCUT2D eigenvalue weighted by atomic mass is 10.2. The number of rotatable bonds is 5. The van der Waals surface area contributed by atoms with Gasteiger partial charge in [-0.05, 0) is 51.8 Å². The van der Waals surface area contributed by atoms with Crippen molar-refractivity contribution in [3.05, 3.63) is 56.8 Å². The smallest absolute Gasteiger partial charge is 0.175 e. The summed E-state index contributed by atoms with van der Waals surface area (Å²) < 4.78 is 25.4. The Kier molecular flexibility index (Phi) is 5.90. The lowest BCUT2D eigenvalue weighted by Crippen LogP contribution is -2.01. The molecule has 0 N–H and O–H groups in total. The van der Waals surface area contributed by atoms with Crippen molar-refractivity contribution >= 4 is 43.5 Å². The number of alkyl halides is 1. The van der Waals surface area contributed by atoms with Crippen LogP contribution in [0.5, 0.6) is 11.5 Å². The van der Waals surface area contributed by atoms with Crippen LogP contribution in [0.2, 0.25) is 5.02 Å². The third-order valence-electron chi connectivity index (χ3n) is 2.82. The van der Waals surface area contributed by atoms with Crippen LogP contribution < -0.4 is 9.47 Å². The maximum absolute atomic E-state index is 13.7. The summed E-state index contributed by atoms with van der Waals surface area (Å²) in [4.78, 5) is 0. The second kappa shape index (κ2) is 7.47. The zero-order valence-corrected chi connectivity index (χ0v) is 15.1. The molecule has 6 heteroatoms. The maximum atomic E-state index is 13.7. The minimum Gasteiger partial charge on any atom is -0.493 e. The Bertz CT molecular complexity index is 650. The fourth-order valence-electron chi connectivity index (χ4n) is 1.79. The molecule has 0 spiro atoms. The van der Waals surface area contributed by atoms with Gasteiger partial charge in [0.2, 0.25) is 0 Å². The van der Waals surface area contributed by atoms with Crippen molar-refractivity contribution < 1.29 is 13.9 Å². The van der Waals surface area contributed by atoms with Crippen LogP contribution in [0.15, 0.2) is 34.8 Å². The van der Waals surface area contributed by atoms with Gasteiger partial charge in [-0.15, -0.1) is 0 Å². The Labute approximate surface area is 144 Å². The molecule has 2 nitrogen and oxygen atoms in total. The first-order valence-corrected chi connectivity index (χ1v) is 8.33. The van der Waals surface area contributed by atoms with Crippen molar-refractivity contribution in [3.8, 4) is 11.5 Å². The molecule has 0 atom stereocenters. The van der Waals surface area contributed by atoms with Gasteiger partial charge in [0.05, 0.1) is 11.6 Å². The van der Waals surface area contributed by atoms with Crippen LogP contribution in [0.25, 0.3) is 0 Å². The van der Waals surface area contributed by atoms with E-state index in [-0.39, 0.29) is 12.4 Å². The van der Waals surface area contributed by atoms with Crippen molar-refractivity contribution in [2.75, 3.05) is 7.11 Å². The van der Waals surface area contributed by atoms with Crippen LogP contribution in [-0.4, -0.2) is 7.11 Å². The van der Waals surface area contributed by atoms with E-state index < -0.39 is 0 Å². The molecule has 21 heavy (non-hydrogen) atoms. The van der Waals surface area contributed by atoms with Gasteiger partial charge in [-0.3, -0.25) is 0 Å². The second-order valence-corrected chi connectivity index (χ2v) is 6.12. The zero-order chi connectivity index (χ0) is 15.4. The van der Waals surface area contributed by atoms with Crippen LogP contribution in [-0.2, 0) is 11.9 Å². The van der Waals surface area contributed by atoms with Crippen LogP contribution in [0.4, 0.5) is 4.39 Å². The topological polar surface area (TPSA) is 18.5 Å². The molecule has 0 unspecified atom stereocenters. The molecule has 2 aromatic carbocycles. The highest BCUT2D eigenvalue weighted by molar-refractivity contribution is 9.10. The first kappa shape index (κ1) is 16.6. The van der Waals surface area contributed by atoms with E-state index in [1.165, 1.54) is 12.1 Å². The highest BCUT2D eigenvalue weighted by Gasteiger charge is 2.13. The van der Waals surface area contributed by atoms with E-state index in [1.807, 2.05) is 12.1 Å². The fraction of sp³-hybridized carbons (Fsp3) is 0.200. The van der Waals surface area contributed by atoms with E-state index in [2.05, 4.69) is 31.9 Å². The molecular formula is C15H12Br2ClFO2.